The van der Waals surface area contributed by atoms with E-state index in [1.54, 1.807) is 11.8 Å². The van der Waals surface area contributed by atoms with Crippen LogP contribution in [0.2, 0.25) is 0 Å². The van der Waals surface area contributed by atoms with Crippen LogP contribution in [0.1, 0.15) is 31.2 Å². The molecule has 0 aromatic heterocycles. The molecule has 1 aromatic carbocycles. The van der Waals surface area contributed by atoms with E-state index in [4.69, 9.17) is 0 Å². The van der Waals surface area contributed by atoms with Crippen molar-refractivity contribution in [2.24, 2.45) is 10.4 Å². The molecule has 0 N–H and O–H groups in total. The Hall–Kier alpha value is -1.86. The maximum atomic E-state index is 13.2. The second kappa shape index (κ2) is 7.76. The highest BCUT2D eigenvalue weighted by atomic mass is 32.2. The van der Waals surface area contributed by atoms with E-state index in [-0.39, 0.29) is 17.1 Å². The third kappa shape index (κ3) is 3.94. The number of nitrogens with zero attached hydrogens (tertiary/aromatic N) is 4. The Balaban J connectivity index is 1.18. The number of amidine groups is 1. The molecule has 2 saturated heterocycles. The van der Waals surface area contributed by atoms with Crippen LogP contribution in [0.15, 0.2) is 40.4 Å². The smallest absolute Gasteiger partial charge is 0.228 e. The van der Waals surface area contributed by atoms with Gasteiger partial charge in [0.25, 0.3) is 0 Å². The minimum absolute atomic E-state index is 0.183. The second-order valence-corrected chi connectivity index (χ2v) is 9.56. The molecule has 0 unspecified atom stereocenters. The van der Waals surface area contributed by atoms with Gasteiger partial charge in [-0.3, -0.25) is 14.7 Å². The van der Waals surface area contributed by atoms with Crippen LogP contribution in [-0.4, -0.2) is 65.0 Å². The van der Waals surface area contributed by atoms with Crippen molar-refractivity contribution in [3.8, 4) is 0 Å². The summed E-state index contributed by atoms with van der Waals surface area (Å²) < 4.78 is 13.2. The highest BCUT2D eigenvalue weighted by molar-refractivity contribution is 8.16. The van der Waals surface area contributed by atoms with Gasteiger partial charge in [-0.2, -0.15) is 0 Å². The Labute approximate surface area is 175 Å². The average molecular weight is 415 g/mol. The number of fused-ring (bicyclic) bond motifs is 1. The van der Waals surface area contributed by atoms with Crippen molar-refractivity contribution < 1.29 is 9.18 Å². The topological polar surface area (TPSA) is 39.2 Å². The van der Waals surface area contributed by atoms with Crippen LogP contribution in [0.5, 0.6) is 0 Å². The van der Waals surface area contributed by atoms with Crippen molar-refractivity contribution in [1.82, 2.24) is 14.7 Å². The maximum absolute atomic E-state index is 13.2. The predicted octanol–water partition coefficient (Wildman–Crippen LogP) is 3.29. The first-order valence-corrected chi connectivity index (χ1v) is 11.4. The molecule has 4 aliphatic rings. The standard InChI is InChI=1S/C22H27FN4OS/c23-18-4-2-17(3-5-18)13-25-9-1-6-22(15-25)7-10-26(16-22)20(28)12-19-14-29-21-24-8-11-27(19)21/h2-5,14H,1,6-13,15-16H2/t22-/m0/s1. The molecule has 0 aliphatic carbocycles. The Bertz CT molecular complexity index is 855. The van der Waals surface area contributed by atoms with E-state index >= 15 is 0 Å². The SMILES string of the molecule is O=C(CC1=CSC2=NCCN12)N1CC[C@]2(CCCN(Cc3ccc(F)cc3)C2)C1. The number of carbonyl (C=O) groups excluding carboxylic acids is 1. The van der Waals surface area contributed by atoms with Crippen LogP contribution in [-0.2, 0) is 11.3 Å². The fraction of sp³-hybridized carbons (Fsp3) is 0.545. The lowest BCUT2D eigenvalue weighted by Crippen LogP contribution is -2.45. The zero-order chi connectivity index (χ0) is 19.8. The van der Waals surface area contributed by atoms with Gasteiger partial charge in [0.1, 0.15) is 5.82 Å². The molecular formula is C22H27FN4OS. The van der Waals surface area contributed by atoms with Gasteiger partial charge in [-0.15, -0.1) is 0 Å². The maximum Gasteiger partial charge on any atom is 0.228 e. The molecule has 1 aromatic rings. The van der Waals surface area contributed by atoms with Gasteiger partial charge in [-0.1, -0.05) is 23.9 Å². The summed E-state index contributed by atoms with van der Waals surface area (Å²) in [5, 5.41) is 3.14. The van der Waals surface area contributed by atoms with Crippen molar-refractivity contribution in [2.75, 3.05) is 39.3 Å². The lowest BCUT2D eigenvalue weighted by Gasteiger charge is -2.40. The van der Waals surface area contributed by atoms with E-state index in [1.165, 1.54) is 25.0 Å². The first-order chi connectivity index (χ1) is 14.1. The molecule has 5 rings (SSSR count). The molecular weight excluding hydrogens is 387 g/mol. The van der Waals surface area contributed by atoms with E-state index in [0.717, 1.165) is 68.7 Å². The number of halogens is 1. The molecule has 0 saturated carbocycles. The molecule has 0 radical (unpaired) electrons. The molecule has 1 amide bonds. The van der Waals surface area contributed by atoms with E-state index in [1.807, 2.05) is 12.1 Å². The molecule has 0 bridgehead atoms. The first-order valence-electron chi connectivity index (χ1n) is 10.5. The Morgan fingerprint density at radius 1 is 1.14 bits per heavy atom. The van der Waals surface area contributed by atoms with Crippen LogP contribution in [0.3, 0.4) is 0 Å². The monoisotopic (exact) mass is 414 g/mol. The molecule has 1 atom stereocenters. The number of amides is 1. The van der Waals surface area contributed by atoms with E-state index in [2.05, 4.69) is 25.1 Å². The number of piperidine rings is 1. The second-order valence-electron chi connectivity index (χ2n) is 8.73. The van der Waals surface area contributed by atoms with Gasteiger partial charge in [0.05, 0.1) is 13.0 Å². The number of rotatable bonds is 4. The Morgan fingerprint density at radius 2 is 2.00 bits per heavy atom. The number of hydrogen-bond donors (Lipinski definition) is 0. The van der Waals surface area contributed by atoms with E-state index < -0.39 is 0 Å². The number of benzene rings is 1. The first kappa shape index (κ1) is 19.1. The lowest BCUT2D eigenvalue weighted by atomic mass is 9.79. The average Bonchev–Trinajstić information content (AvgIpc) is 3.42. The van der Waals surface area contributed by atoms with E-state index in [0.29, 0.717) is 6.42 Å². The van der Waals surface area contributed by atoms with Crippen LogP contribution < -0.4 is 0 Å². The minimum atomic E-state index is -0.183. The summed E-state index contributed by atoms with van der Waals surface area (Å²) in [6, 6.07) is 6.84. The summed E-state index contributed by atoms with van der Waals surface area (Å²) in [6.07, 6.45) is 3.93. The third-order valence-electron chi connectivity index (χ3n) is 6.63. The van der Waals surface area contributed by atoms with Crippen molar-refractivity contribution in [3.05, 3.63) is 46.8 Å². The number of thioether (sulfide) groups is 1. The van der Waals surface area contributed by atoms with Gasteiger partial charge >= 0.3 is 0 Å². The van der Waals surface area contributed by atoms with Crippen LogP contribution in [0.25, 0.3) is 0 Å². The third-order valence-corrected chi connectivity index (χ3v) is 7.58. The summed E-state index contributed by atoms with van der Waals surface area (Å²) in [6.45, 7) is 6.44. The number of aliphatic imine (C=N–C) groups is 1. The van der Waals surface area contributed by atoms with Crippen LogP contribution in [0.4, 0.5) is 4.39 Å². The van der Waals surface area contributed by atoms with Gasteiger partial charge in [0.2, 0.25) is 5.91 Å². The molecule has 7 heteroatoms. The Morgan fingerprint density at radius 3 is 2.86 bits per heavy atom. The summed E-state index contributed by atoms with van der Waals surface area (Å²) in [5.41, 5.74) is 2.48. The molecule has 154 valence electrons. The van der Waals surface area contributed by atoms with Crippen LogP contribution >= 0.6 is 11.8 Å². The molecule has 29 heavy (non-hydrogen) atoms. The van der Waals surface area contributed by atoms with Crippen molar-refractivity contribution in [2.45, 2.75) is 32.2 Å². The lowest BCUT2D eigenvalue weighted by molar-refractivity contribution is -0.130. The summed E-state index contributed by atoms with van der Waals surface area (Å²) in [5.74, 6) is 0.0643. The Kier molecular flexibility index (Phi) is 5.12. The fourth-order valence-electron chi connectivity index (χ4n) is 5.16. The van der Waals surface area contributed by atoms with Gasteiger partial charge in [0.15, 0.2) is 5.17 Å². The number of hydrogen-bond acceptors (Lipinski definition) is 5. The minimum Gasteiger partial charge on any atom is -0.342 e. The number of carbonyl (C=O) groups is 1. The van der Waals surface area contributed by atoms with Gasteiger partial charge in [-0.25, -0.2) is 4.39 Å². The summed E-state index contributed by atoms with van der Waals surface area (Å²) in [7, 11) is 0. The fourth-order valence-corrected chi connectivity index (χ4v) is 6.11. The molecule has 1 spiro atoms. The molecule has 4 aliphatic heterocycles. The normalized spacial score (nSPS) is 26.8. The van der Waals surface area contributed by atoms with Gasteiger partial charge in [-0.05, 0) is 48.9 Å². The highest BCUT2D eigenvalue weighted by Gasteiger charge is 2.43. The molecule has 5 nitrogen and oxygen atoms in total. The van der Waals surface area contributed by atoms with E-state index in [9.17, 15) is 9.18 Å². The highest BCUT2D eigenvalue weighted by Crippen LogP contribution is 2.40. The van der Waals surface area contributed by atoms with Crippen LogP contribution in [0, 0.1) is 11.2 Å². The van der Waals surface area contributed by atoms with Gasteiger partial charge in [0, 0.05) is 43.8 Å². The van der Waals surface area contributed by atoms with Crippen molar-refractivity contribution in [3.63, 3.8) is 0 Å². The summed E-state index contributed by atoms with van der Waals surface area (Å²) >= 11 is 1.64. The van der Waals surface area contributed by atoms with Crippen molar-refractivity contribution in [1.29, 1.82) is 0 Å². The summed E-state index contributed by atoms with van der Waals surface area (Å²) in [4.78, 5) is 24.2. The predicted molar refractivity (Wildman–Crippen MR) is 114 cm³/mol. The zero-order valence-electron chi connectivity index (χ0n) is 16.6. The number of likely N-dealkylation sites (tertiary alicyclic amines) is 2. The largest absolute Gasteiger partial charge is 0.342 e. The quantitative estimate of drug-likeness (QED) is 0.758. The van der Waals surface area contributed by atoms with Crippen molar-refractivity contribution >= 4 is 22.8 Å². The molecule has 4 heterocycles. The molecule has 2 fully saturated rings. The van der Waals surface area contributed by atoms with Gasteiger partial charge < -0.3 is 9.80 Å². The zero-order valence-corrected chi connectivity index (χ0v) is 17.5.